The predicted molar refractivity (Wildman–Crippen MR) is 78.2 cm³/mol. The van der Waals surface area contributed by atoms with Crippen molar-refractivity contribution in [1.29, 1.82) is 0 Å². The molecule has 19 heavy (non-hydrogen) atoms. The predicted octanol–water partition coefficient (Wildman–Crippen LogP) is 4.01. The minimum atomic E-state index is -0.337. The van der Waals surface area contributed by atoms with E-state index in [2.05, 4.69) is 11.4 Å². The lowest BCUT2D eigenvalue weighted by atomic mass is 9.62. The van der Waals surface area contributed by atoms with Gasteiger partial charge >= 0.3 is 0 Å². The van der Waals surface area contributed by atoms with Crippen molar-refractivity contribution in [2.24, 2.45) is 17.8 Å². The molecule has 5 unspecified atom stereocenters. The Labute approximate surface area is 119 Å². The van der Waals surface area contributed by atoms with Gasteiger partial charge in [0.2, 0.25) is 0 Å². The Hall–Kier alpha value is -0.380. The van der Waals surface area contributed by atoms with Gasteiger partial charge in [0.25, 0.3) is 0 Å². The number of aliphatic hydroxyl groups excluding tert-OH is 1. The molecule has 1 aromatic rings. The summed E-state index contributed by atoms with van der Waals surface area (Å²) in [6.45, 7) is 0. The first-order chi connectivity index (χ1) is 9.31. The fourth-order valence-electron chi connectivity index (χ4n) is 4.31. The van der Waals surface area contributed by atoms with Gasteiger partial charge in [-0.15, -0.1) is 11.3 Å². The van der Waals surface area contributed by atoms with Gasteiger partial charge in [0, 0.05) is 17.9 Å². The van der Waals surface area contributed by atoms with Crippen molar-refractivity contribution in [3.63, 3.8) is 0 Å². The molecular weight excluding hydrogens is 256 g/mol. The number of ether oxygens (including phenoxy) is 1. The molecule has 2 fully saturated rings. The Morgan fingerprint density at radius 2 is 2.11 bits per heavy atom. The number of hydrogen-bond donors (Lipinski definition) is 1. The molecule has 5 atom stereocenters. The van der Waals surface area contributed by atoms with Gasteiger partial charge in [0.1, 0.15) is 0 Å². The van der Waals surface area contributed by atoms with Crippen LogP contribution >= 0.6 is 11.3 Å². The number of thiophene rings is 1. The van der Waals surface area contributed by atoms with Crippen LogP contribution in [0.2, 0.25) is 0 Å². The van der Waals surface area contributed by atoms with E-state index in [1.54, 1.807) is 11.3 Å². The van der Waals surface area contributed by atoms with Crippen LogP contribution in [0.3, 0.4) is 0 Å². The second-order valence-corrected chi connectivity index (χ2v) is 7.08. The van der Waals surface area contributed by atoms with Gasteiger partial charge < -0.3 is 9.84 Å². The highest BCUT2D eigenvalue weighted by Gasteiger charge is 2.44. The largest absolute Gasteiger partial charge is 0.387 e. The molecule has 3 rings (SSSR count). The van der Waals surface area contributed by atoms with Crippen LogP contribution in [0.1, 0.15) is 49.5 Å². The molecule has 0 aliphatic heterocycles. The summed E-state index contributed by atoms with van der Waals surface area (Å²) in [7, 11) is 1.81. The zero-order valence-electron chi connectivity index (χ0n) is 11.6. The number of methoxy groups -OCH3 is 1. The molecule has 106 valence electrons. The van der Waals surface area contributed by atoms with E-state index in [1.807, 2.05) is 13.2 Å². The summed E-state index contributed by atoms with van der Waals surface area (Å²) in [5, 5.41) is 12.9. The molecule has 1 N–H and O–H groups in total. The van der Waals surface area contributed by atoms with Crippen LogP contribution in [-0.4, -0.2) is 18.3 Å². The van der Waals surface area contributed by atoms with Crippen molar-refractivity contribution in [3.05, 3.63) is 22.4 Å². The Morgan fingerprint density at radius 1 is 1.26 bits per heavy atom. The number of rotatable bonds is 3. The van der Waals surface area contributed by atoms with Crippen LogP contribution in [0, 0.1) is 17.8 Å². The molecule has 3 heteroatoms. The van der Waals surface area contributed by atoms with E-state index >= 15 is 0 Å². The average molecular weight is 280 g/mol. The van der Waals surface area contributed by atoms with Gasteiger partial charge in [-0.2, -0.15) is 0 Å². The Morgan fingerprint density at radius 3 is 2.84 bits per heavy atom. The normalized spacial score (nSPS) is 36.7. The molecule has 2 aliphatic carbocycles. The minimum Gasteiger partial charge on any atom is -0.387 e. The number of aliphatic hydroxyl groups is 1. The molecule has 1 heterocycles. The topological polar surface area (TPSA) is 29.5 Å². The first-order valence-electron chi connectivity index (χ1n) is 7.55. The Bertz CT molecular complexity index is 389. The minimum absolute atomic E-state index is 0.233. The monoisotopic (exact) mass is 280 g/mol. The third-order valence-electron chi connectivity index (χ3n) is 5.22. The highest BCUT2D eigenvalue weighted by atomic mass is 32.1. The van der Waals surface area contributed by atoms with E-state index < -0.39 is 0 Å². The maximum atomic E-state index is 10.8. The summed E-state index contributed by atoms with van der Waals surface area (Å²) in [5.74, 6) is 1.77. The van der Waals surface area contributed by atoms with Crippen molar-refractivity contribution in [2.45, 2.75) is 50.7 Å². The van der Waals surface area contributed by atoms with Gasteiger partial charge in [-0.25, -0.2) is 0 Å². The molecule has 0 bridgehead atoms. The molecule has 0 saturated heterocycles. The van der Waals surface area contributed by atoms with E-state index in [4.69, 9.17) is 4.74 Å². The average Bonchev–Trinajstić information content (AvgIpc) is 2.99. The lowest BCUT2D eigenvalue weighted by Gasteiger charge is -2.46. The summed E-state index contributed by atoms with van der Waals surface area (Å²) in [6, 6.07) is 4.10. The van der Waals surface area contributed by atoms with E-state index in [1.165, 1.54) is 32.1 Å². The van der Waals surface area contributed by atoms with Crippen LogP contribution in [0.25, 0.3) is 0 Å². The molecule has 2 saturated carbocycles. The van der Waals surface area contributed by atoms with Crippen molar-refractivity contribution in [2.75, 3.05) is 7.11 Å². The molecule has 2 aliphatic rings. The lowest BCUT2D eigenvalue weighted by Crippen LogP contribution is -2.43. The first-order valence-corrected chi connectivity index (χ1v) is 8.43. The molecule has 0 spiro atoms. The smallest absolute Gasteiger partial charge is 0.0937 e. The van der Waals surface area contributed by atoms with Gasteiger partial charge in [-0.05, 0) is 42.5 Å². The zero-order valence-corrected chi connectivity index (χ0v) is 12.4. The maximum Gasteiger partial charge on any atom is 0.0937 e. The Balaban J connectivity index is 1.84. The molecular formula is C16H24O2S. The van der Waals surface area contributed by atoms with Gasteiger partial charge in [-0.1, -0.05) is 25.3 Å². The SMILES string of the molecule is COC1CCC2CCCCC2C1C(O)c1cccs1. The van der Waals surface area contributed by atoms with E-state index in [0.29, 0.717) is 11.8 Å². The van der Waals surface area contributed by atoms with Crippen LogP contribution < -0.4 is 0 Å². The first kappa shape index (κ1) is 13.6. The third kappa shape index (κ3) is 2.61. The van der Waals surface area contributed by atoms with Gasteiger partial charge in [0.15, 0.2) is 0 Å². The summed E-state index contributed by atoms with van der Waals surface area (Å²) >= 11 is 1.67. The van der Waals surface area contributed by atoms with Gasteiger partial charge in [0.05, 0.1) is 12.2 Å². The maximum absolute atomic E-state index is 10.8. The quantitative estimate of drug-likeness (QED) is 0.906. The standard InChI is InChI=1S/C16H24O2S/c1-18-13-9-8-11-5-2-3-6-12(11)15(13)16(17)14-7-4-10-19-14/h4,7,10-13,15-17H,2-3,5-6,8-9H2,1H3. The molecule has 0 aromatic carbocycles. The second kappa shape index (κ2) is 5.94. The van der Waals surface area contributed by atoms with Crippen LogP contribution in [0.5, 0.6) is 0 Å². The summed E-state index contributed by atoms with van der Waals surface area (Å²) in [6.07, 6.45) is 7.63. The number of fused-ring (bicyclic) bond motifs is 1. The van der Waals surface area contributed by atoms with Crippen molar-refractivity contribution >= 4 is 11.3 Å². The van der Waals surface area contributed by atoms with Crippen LogP contribution in [-0.2, 0) is 4.74 Å². The fraction of sp³-hybridized carbons (Fsp3) is 0.750. The highest BCUT2D eigenvalue weighted by molar-refractivity contribution is 7.10. The van der Waals surface area contributed by atoms with Crippen LogP contribution in [0.4, 0.5) is 0 Å². The highest BCUT2D eigenvalue weighted by Crippen LogP contribution is 2.49. The van der Waals surface area contributed by atoms with E-state index in [9.17, 15) is 5.11 Å². The summed E-state index contributed by atoms with van der Waals surface area (Å²) in [5.41, 5.74) is 0. The van der Waals surface area contributed by atoms with Crippen molar-refractivity contribution < 1.29 is 9.84 Å². The molecule has 0 amide bonds. The second-order valence-electron chi connectivity index (χ2n) is 6.10. The lowest BCUT2D eigenvalue weighted by molar-refractivity contribution is -0.0929. The van der Waals surface area contributed by atoms with Crippen LogP contribution in [0.15, 0.2) is 17.5 Å². The van der Waals surface area contributed by atoms with E-state index in [-0.39, 0.29) is 12.2 Å². The molecule has 2 nitrogen and oxygen atoms in total. The van der Waals surface area contributed by atoms with Crippen molar-refractivity contribution in [1.82, 2.24) is 0 Å². The summed E-state index contributed by atoms with van der Waals surface area (Å²) < 4.78 is 5.72. The molecule has 0 radical (unpaired) electrons. The summed E-state index contributed by atoms with van der Waals surface area (Å²) in [4.78, 5) is 1.11. The zero-order chi connectivity index (χ0) is 13.2. The Kier molecular flexibility index (Phi) is 4.25. The van der Waals surface area contributed by atoms with E-state index in [0.717, 1.165) is 17.2 Å². The number of hydrogen-bond acceptors (Lipinski definition) is 3. The fourth-order valence-corrected chi connectivity index (χ4v) is 5.08. The molecule has 1 aromatic heterocycles. The van der Waals surface area contributed by atoms with Crippen molar-refractivity contribution in [3.8, 4) is 0 Å². The third-order valence-corrected chi connectivity index (χ3v) is 6.16. The van der Waals surface area contributed by atoms with Gasteiger partial charge in [-0.3, -0.25) is 0 Å².